The number of rotatable bonds is 18. The standard InChI is InChI=1S/C27H31FN2O6S.C22H23FN2O4S.2CH4/c1-6-20(31)18-35-21-10-9-11-22(15-21)37(33,34)30-17-19(16-29(5)26(32)36-27(2,3)4)14-25(30)23-12-7-8-13-24(23)28;1-3-17(26)15-29-18-7-6-8-19(12-18)30(27,28)25-14-16(13-24-2)11-22(25)20-9-4-5-10-21(20)23;;/h7-15,17H,6,16,18H2,1-5H3;4-12,14,24H,3,13,15H2,1-2H3;2*1H4. The predicted molar refractivity (Wildman–Crippen MR) is 263 cm³/mol. The number of carbonyl (C=O) groups is 3. The number of nitrogens with zero attached hydrogens (tertiary/aromatic N) is 3. The van der Waals surface area contributed by atoms with Crippen LogP contribution in [0.15, 0.2) is 131 Å². The van der Waals surface area contributed by atoms with Crippen LogP contribution in [-0.2, 0) is 47.5 Å². The van der Waals surface area contributed by atoms with Crippen molar-refractivity contribution in [2.45, 2.75) is 90.8 Å². The second-order valence-corrected chi connectivity index (χ2v) is 19.8. The number of hydrogen-bond donors (Lipinski definition) is 1. The summed E-state index contributed by atoms with van der Waals surface area (Å²) in [5.74, 6) is -0.843. The van der Waals surface area contributed by atoms with E-state index in [2.05, 4.69) is 5.32 Å². The first kappa shape index (κ1) is 56.7. The number of aromatic nitrogens is 2. The molecule has 0 aliphatic carbocycles. The van der Waals surface area contributed by atoms with Crippen LogP contribution in [-0.4, -0.2) is 80.3 Å². The Morgan fingerprint density at radius 1 is 0.638 bits per heavy atom. The Balaban J connectivity index is 0.000000362. The molecule has 0 aliphatic rings. The van der Waals surface area contributed by atoms with E-state index >= 15 is 0 Å². The summed E-state index contributed by atoms with van der Waals surface area (Å²) in [7, 11) is -4.98. The Morgan fingerprint density at radius 2 is 1.06 bits per heavy atom. The number of ketones is 2. The number of nitrogens with one attached hydrogen (secondary N) is 1. The highest BCUT2D eigenvalue weighted by molar-refractivity contribution is 7.90. The maximum atomic E-state index is 14.8. The third kappa shape index (κ3) is 14.7. The van der Waals surface area contributed by atoms with Gasteiger partial charge in [0.05, 0.1) is 27.7 Å². The highest BCUT2D eigenvalue weighted by atomic mass is 32.2. The van der Waals surface area contributed by atoms with Crippen molar-refractivity contribution < 1.29 is 54.2 Å². The highest BCUT2D eigenvalue weighted by Gasteiger charge is 2.27. The molecule has 18 heteroatoms. The number of hydrogen-bond acceptors (Lipinski definition) is 11. The molecule has 0 unspecified atom stereocenters. The fourth-order valence-electron chi connectivity index (χ4n) is 6.40. The minimum absolute atomic E-state index is 0. The third-order valence-corrected chi connectivity index (χ3v) is 13.1. The molecule has 0 aliphatic heterocycles. The Bertz CT molecular complexity index is 2940. The monoisotopic (exact) mass is 992 g/mol. The van der Waals surface area contributed by atoms with Crippen LogP contribution in [0.2, 0.25) is 0 Å². The topological polar surface area (TPSA) is 172 Å². The fraction of sp³-hybridized carbons (Fsp3) is 0.314. The predicted octanol–water partition coefficient (Wildman–Crippen LogP) is 10.1. The second-order valence-electron chi connectivity index (χ2n) is 16.2. The molecule has 2 aromatic heterocycles. The molecule has 1 N–H and O–H groups in total. The van der Waals surface area contributed by atoms with Gasteiger partial charge in [-0.15, -0.1) is 0 Å². The molecule has 14 nitrogen and oxygen atoms in total. The Kier molecular flexibility index (Phi) is 20.2. The molecule has 372 valence electrons. The second kappa shape index (κ2) is 24.6. The smallest absolute Gasteiger partial charge is 0.410 e. The summed E-state index contributed by atoms with van der Waals surface area (Å²) in [6.45, 7) is 8.82. The van der Waals surface area contributed by atoms with E-state index in [1.807, 2.05) is 0 Å². The van der Waals surface area contributed by atoms with Crippen LogP contribution in [0.25, 0.3) is 22.5 Å². The van der Waals surface area contributed by atoms with E-state index in [1.54, 1.807) is 84.1 Å². The van der Waals surface area contributed by atoms with Crippen LogP contribution in [0.1, 0.15) is 73.4 Å². The van der Waals surface area contributed by atoms with E-state index in [1.165, 1.54) is 91.1 Å². The first-order valence-electron chi connectivity index (χ1n) is 21.2. The number of halogens is 2. The van der Waals surface area contributed by atoms with Gasteiger partial charge < -0.3 is 24.4 Å². The maximum absolute atomic E-state index is 14.8. The van der Waals surface area contributed by atoms with Crippen LogP contribution < -0.4 is 14.8 Å². The average molecular weight is 993 g/mol. The molecule has 2 heterocycles. The van der Waals surface area contributed by atoms with Gasteiger partial charge in [-0.2, -0.15) is 0 Å². The Hall–Kier alpha value is -6.63. The SMILES string of the molecule is C.C.CCC(=O)COc1cccc(S(=O)(=O)n2cc(CN(C)C(=O)OC(C)(C)C)cc2-c2ccccc2F)c1.CCC(=O)COc1cccc(S(=O)(=O)n2cc(CNC)cc2-c2ccccc2F)c1. The molecule has 0 saturated carbocycles. The van der Waals surface area contributed by atoms with Crippen LogP contribution in [0, 0.1) is 11.6 Å². The quantitative estimate of drug-likeness (QED) is 0.0869. The van der Waals surface area contributed by atoms with Crippen molar-refractivity contribution >= 4 is 37.7 Å². The fourth-order valence-corrected chi connectivity index (χ4v) is 9.25. The minimum Gasteiger partial charge on any atom is -0.486 e. The largest absolute Gasteiger partial charge is 0.486 e. The Morgan fingerprint density at radius 3 is 1.46 bits per heavy atom. The van der Waals surface area contributed by atoms with Gasteiger partial charge in [0.15, 0.2) is 11.6 Å². The molecular formula is C51H62F2N4O10S2. The molecule has 4 aromatic carbocycles. The van der Waals surface area contributed by atoms with Gasteiger partial charge >= 0.3 is 6.09 Å². The van der Waals surface area contributed by atoms with Crippen molar-refractivity contribution in [1.29, 1.82) is 0 Å². The minimum atomic E-state index is -4.21. The van der Waals surface area contributed by atoms with E-state index in [9.17, 15) is 40.0 Å². The lowest BCUT2D eigenvalue weighted by molar-refractivity contribution is -0.121. The number of Topliss-reactive ketones (excluding diaryl/α,β-unsaturated/α-hetero) is 2. The van der Waals surface area contributed by atoms with E-state index in [0.717, 1.165) is 7.94 Å². The summed E-state index contributed by atoms with van der Waals surface area (Å²) in [4.78, 5) is 36.7. The van der Waals surface area contributed by atoms with E-state index < -0.39 is 43.4 Å². The van der Waals surface area contributed by atoms with Gasteiger partial charge in [0.25, 0.3) is 20.0 Å². The zero-order chi connectivity index (χ0) is 49.1. The molecule has 0 radical (unpaired) electrons. The van der Waals surface area contributed by atoms with Gasteiger partial charge in [-0.25, -0.2) is 38.4 Å². The molecule has 0 fully saturated rings. The van der Waals surface area contributed by atoms with Crippen molar-refractivity contribution in [1.82, 2.24) is 18.2 Å². The van der Waals surface area contributed by atoms with Crippen molar-refractivity contribution in [3.63, 3.8) is 0 Å². The van der Waals surface area contributed by atoms with Gasteiger partial charge in [-0.1, -0.05) is 65.1 Å². The molecule has 0 atom stereocenters. The average Bonchev–Trinajstić information content (AvgIpc) is 3.93. The normalized spacial score (nSPS) is 11.3. The lowest BCUT2D eigenvalue weighted by Crippen LogP contribution is -2.33. The third-order valence-electron chi connectivity index (χ3n) is 9.80. The van der Waals surface area contributed by atoms with Gasteiger partial charge in [-0.3, -0.25) is 9.59 Å². The van der Waals surface area contributed by atoms with Crippen molar-refractivity contribution in [3.05, 3.63) is 144 Å². The summed E-state index contributed by atoms with van der Waals surface area (Å²) >= 11 is 0. The molecule has 1 amide bonds. The molecule has 6 rings (SSSR count). The first-order chi connectivity index (χ1) is 31.7. The van der Waals surface area contributed by atoms with Crippen LogP contribution in [0.4, 0.5) is 13.6 Å². The van der Waals surface area contributed by atoms with Gasteiger partial charge in [0.1, 0.15) is 41.9 Å². The van der Waals surface area contributed by atoms with Gasteiger partial charge in [0.2, 0.25) is 0 Å². The van der Waals surface area contributed by atoms with E-state index in [0.29, 0.717) is 30.5 Å². The molecule has 69 heavy (non-hydrogen) atoms. The summed E-state index contributed by atoms with van der Waals surface area (Å²) in [5.41, 5.74) is 1.04. The van der Waals surface area contributed by atoms with Gasteiger partial charge in [0, 0.05) is 62.1 Å². The number of ether oxygens (including phenoxy) is 3. The lowest BCUT2D eigenvalue weighted by atomic mass is 10.1. The van der Waals surface area contributed by atoms with E-state index in [4.69, 9.17) is 14.2 Å². The summed E-state index contributed by atoms with van der Waals surface area (Å²) in [5, 5.41) is 2.97. The van der Waals surface area contributed by atoms with Crippen molar-refractivity contribution in [3.8, 4) is 34.0 Å². The summed E-state index contributed by atoms with van der Waals surface area (Å²) in [6, 6.07) is 26.7. The molecular weight excluding hydrogens is 931 g/mol. The number of carbonyl (C=O) groups excluding carboxylic acids is 3. The van der Waals surface area contributed by atoms with Crippen LogP contribution in [0.3, 0.4) is 0 Å². The summed E-state index contributed by atoms with van der Waals surface area (Å²) in [6.07, 6.45) is 2.88. The zero-order valence-corrected chi connectivity index (χ0v) is 39.9. The lowest BCUT2D eigenvalue weighted by Gasteiger charge is -2.24. The highest BCUT2D eigenvalue weighted by Crippen LogP contribution is 2.32. The van der Waals surface area contributed by atoms with Crippen LogP contribution >= 0.6 is 0 Å². The molecule has 0 spiro atoms. The summed E-state index contributed by atoms with van der Waals surface area (Å²) < 4.78 is 102. The molecule has 0 saturated heterocycles. The number of benzene rings is 4. The van der Waals surface area contributed by atoms with Crippen molar-refractivity contribution in [2.75, 3.05) is 27.3 Å². The van der Waals surface area contributed by atoms with E-state index in [-0.39, 0.29) is 90.0 Å². The maximum Gasteiger partial charge on any atom is 0.410 e. The van der Waals surface area contributed by atoms with Crippen molar-refractivity contribution in [2.24, 2.45) is 0 Å². The number of amides is 1. The van der Waals surface area contributed by atoms with Gasteiger partial charge in [-0.05, 0) is 99.6 Å². The van der Waals surface area contributed by atoms with Crippen LogP contribution in [0.5, 0.6) is 11.5 Å². The zero-order valence-electron chi connectivity index (χ0n) is 38.3. The molecule has 0 bridgehead atoms. The first-order valence-corrected chi connectivity index (χ1v) is 24.1. The molecule has 6 aromatic rings. The Labute approximate surface area is 404 Å².